The van der Waals surface area contributed by atoms with Crippen LogP contribution in [0.1, 0.15) is 20.3 Å². The maximum atomic E-state index is 12.1. The summed E-state index contributed by atoms with van der Waals surface area (Å²) in [6.07, 6.45) is -4.22. The molecule has 0 unspecified atom stereocenters. The van der Waals surface area contributed by atoms with Crippen molar-refractivity contribution < 1.29 is 27.5 Å². The first-order chi connectivity index (χ1) is 12.1. The van der Waals surface area contributed by atoms with Gasteiger partial charge in [0.15, 0.2) is 5.66 Å². The van der Waals surface area contributed by atoms with Gasteiger partial charge in [0, 0.05) is 6.42 Å². The Labute approximate surface area is 148 Å². The normalized spacial score (nSPS) is 16.7. The van der Waals surface area contributed by atoms with E-state index in [9.17, 15) is 13.2 Å². The molecule has 0 bridgehead atoms. The van der Waals surface area contributed by atoms with Gasteiger partial charge in [0.2, 0.25) is 11.9 Å². The monoisotopic (exact) mass is 375 g/mol. The third-order valence-corrected chi connectivity index (χ3v) is 3.16. The first-order valence-corrected chi connectivity index (χ1v) is 7.68. The van der Waals surface area contributed by atoms with E-state index < -0.39 is 12.0 Å². The first-order valence-electron chi connectivity index (χ1n) is 7.68. The van der Waals surface area contributed by atoms with E-state index in [4.69, 9.17) is 21.0 Å². The third-order valence-electron chi connectivity index (χ3n) is 3.16. The van der Waals surface area contributed by atoms with E-state index in [-0.39, 0.29) is 30.9 Å². The van der Waals surface area contributed by atoms with Crippen LogP contribution in [0.25, 0.3) is 0 Å². The summed E-state index contributed by atoms with van der Waals surface area (Å²) in [4.78, 5) is 13.5. The third kappa shape index (κ3) is 5.69. The van der Waals surface area contributed by atoms with Crippen LogP contribution in [0.3, 0.4) is 0 Å². The molecule has 0 fully saturated rings. The number of benzene rings is 1. The van der Waals surface area contributed by atoms with Crippen LogP contribution in [-0.4, -0.2) is 42.2 Å². The molecular formula is C15H20F3N5O3. The van der Waals surface area contributed by atoms with Crippen LogP contribution in [0.15, 0.2) is 34.3 Å². The van der Waals surface area contributed by atoms with Gasteiger partial charge in [-0.25, -0.2) is 4.99 Å². The largest absolute Gasteiger partial charge is 0.573 e. The minimum atomic E-state index is -4.72. The molecule has 0 aliphatic carbocycles. The summed E-state index contributed by atoms with van der Waals surface area (Å²) >= 11 is 0. The smallest absolute Gasteiger partial charge is 0.494 e. The summed E-state index contributed by atoms with van der Waals surface area (Å²) in [7, 11) is 0. The Morgan fingerprint density at radius 2 is 1.69 bits per heavy atom. The molecule has 1 aliphatic rings. The molecule has 0 aromatic heterocycles. The Hall–Kier alpha value is -2.69. The van der Waals surface area contributed by atoms with Gasteiger partial charge in [0.25, 0.3) is 0 Å². The summed E-state index contributed by atoms with van der Waals surface area (Å²) < 4.78 is 45.5. The molecule has 1 aromatic carbocycles. The van der Waals surface area contributed by atoms with Crippen LogP contribution in [-0.2, 0) is 4.84 Å². The lowest BCUT2D eigenvalue weighted by atomic mass is 10.2. The van der Waals surface area contributed by atoms with Crippen molar-refractivity contribution in [2.24, 2.45) is 21.5 Å². The molecule has 0 spiro atoms. The molecule has 1 aromatic rings. The Bertz CT molecular complexity index is 674. The Morgan fingerprint density at radius 3 is 2.27 bits per heavy atom. The number of ether oxygens (including phenoxy) is 2. The molecule has 4 N–H and O–H groups in total. The molecule has 26 heavy (non-hydrogen) atoms. The molecule has 0 saturated heterocycles. The van der Waals surface area contributed by atoms with Gasteiger partial charge in [0.1, 0.15) is 11.5 Å². The predicted octanol–water partition coefficient (Wildman–Crippen LogP) is 1.97. The standard InChI is InChI=1S/C15H20F3N5O3/c1-14(2)22-12(19)21-13(20)23(14)25-9-3-8-24-10-4-6-11(7-5-10)26-15(16,17)18/h4-7H,3,8-9H2,1-2H3,(H4,19,20,21,22). The predicted molar refractivity (Wildman–Crippen MR) is 88.4 cm³/mol. The number of aliphatic imine (C=N–C) groups is 2. The van der Waals surface area contributed by atoms with Gasteiger partial charge in [-0.3, -0.25) is 4.84 Å². The molecule has 0 atom stereocenters. The van der Waals surface area contributed by atoms with Gasteiger partial charge in [0.05, 0.1) is 13.2 Å². The minimum Gasteiger partial charge on any atom is -0.494 e. The summed E-state index contributed by atoms with van der Waals surface area (Å²) in [5.74, 6) is 0.281. The summed E-state index contributed by atoms with van der Waals surface area (Å²) in [6.45, 7) is 4.09. The number of halogens is 3. The second-order valence-electron chi connectivity index (χ2n) is 5.78. The number of guanidine groups is 2. The van der Waals surface area contributed by atoms with Crippen molar-refractivity contribution in [3.8, 4) is 11.5 Å². The maximum absolute atomic E-state index is 12.1. The van der Waals surface area contributed by atoms with E-state index in [2.05, 4.69) is 14.7 Å². The lowest BCUT2D eigenvalue weighted by Gasteiger charge is -2.36. The van der Waals surface area contributed by atoms with Crippen molar-refractivity contribution in [1.29, 1.82) is 0 Å². The number of hydrogen-bond donors (Lipinski definition) is 2. The minimum absolute atomic E-state index is 0.0774. The van der Waals surface area contributed by atoms with Gasteiger partial charge in [-0.1, -0.05) is 0 Å². The van der Waals surface area contributed by atoms with Crippen LogP contribution in [0.5, 0.6) is 11.5 Å². The SMILES string of the molecule is CC1(C)N=C(N)N=C(N)N1OCCCOc1ccc(OC(F)(F)F)cc1. The molecular weight excluding hydrogens is 355 g/mol. The summed E-state index contributed by atoms with van der Waals surface area (Å²) in [5, 5.41) is 1.35. The number of nitrogens with zero attached hydrogens (tertiary/aromatic N) is 3. The molecule has 1 aliphatic heterocycles. The highest BCUT2D eigenvalue weighted by molar-refractivity contribution is 5.95. The zero-order valence-corrected chi connectivity index (χ0v) is 14.3. The highest BCUT2D eigenvalue weighted by Gasteiger charge is 2.33. The van der Waals surface area contributed by atoms with Crippen molar-refractivity contribution in [3.63, 3.8) is 0 Å². The molecule has 1 heterocycles. The Kier molecular flexibility index (Phi) is 5.80. The molecule has 144 valence electrons. The zero-order chi connectivity index (χ0) is 19.4. The molecule has 8 nitrogen and oxygen atoms in total. The number of alkyl halides is 3. The number of hydrogen-bond acceptors (Lipinski definition) is 8. The summed E-state index contributed by atoms with van der Waals surface area (Å²) in [5.41, 5.74) is 10.5. The number of rotatable bonds is 7. The first kappa shape index (κ1) is 19.6. The van der Waals surface area contributed by atoms with E-state index in [0.29, 0.717) is 12.2 Å². The fourth-order valence-corrected chi connectivity index (χ4v) is 2.16. The van der Waals surface area contributed by atoms with Crippen molar-refractivity contribution in [2.75, 3.05) is 13.2 Å². The topological polar surface area (TPSA) is 108 Å². The lowest BCUT2D eigenvalue weighted by Crippen LogP contribution is -2.53. The van der Waals surface area contributed by atoms with Crippen LogP contribution in [0.4, 0.5) is 13.2 Å². The van der Waals surface area contributed by atoms with Crippen molar-refractivity contribution in [2.45, 2.75) is 32.3 Å². The Morgan fingerprint density at radius 1 is 1.08 bits per heavy atom. The van der Waals surface area contributed by atoms with Crippen LogP contribution in [0, 0.1) is 0 Å². The average molecular weight is 375 g/mol. The molecule has 11 heteroatoms. The fraction of sp³-hybridized carbons (Fsp3) is 0.467. The molecule has 2 rings (SSSR count). The van der Waals surface area contributed by atoms with Crippen molar-refractivity contribution in [1.82, 2.24) is 5.06 Å². The summed E-state index contributed by atoms with van der Waals surface area (Å²) in [6, 6.07) is 5.12. The van der Waals surface area contributed by atoms with Crippen LogP contribution in [0.2, 0.25) is 0 Å². The average Bonchev–Trinajstić information content (AvgIpc) is 2.48. The van der Waals surface area contributed by atoms with Crippen LogP contribution < -0.4 is 20.9 Å². The highest BCUT2D eigenvalue weighted by Crippen LogP contribution is 2.25. The second-order valence-corrected chi connectivity index (χ2v) is 5.78. The molecule has 0 amide bonds. The fourth-order valence-electron chi connectivity index (χ4n) is 2.16. The Balaban J connectivity index is 1.73. The van der Waals surface area contributed by atoms with Gasteiger partial charge in [-0.15, -0.1) is 13.2 Å². The van der Waals surface area contributed by atoms with E-state index in [1.54, 1.807) is 13.8 Å². The van der Waals surface area contributed by atoms with Crippen LogP contribution >= 0.6 is 0 Å². The van der Waals surface area contributed by atoms with Gasteiger partial charge < -0.3 is 20.9 Å². The van der Waals surface area contributed by atoms with Gasteiger partial charge >= 0.3 is 6.36 Å². The second kappa shape index (κ2) is 7.68. The van der Waals surface area contributed by atoms with Gasteiger partial charge in [-0.2, -0.15) is 10.1 Å². The molecule has 0 saturated carbocycles. The lowest BCUT2D eigenvalue weighted by molar-refractivity contribution is -0.274. The number of hydroxylamine groups is 2. The van der Waals surface area contributed by atoms with E-state index in [0.717, 1.165) is 0 Å². The number of nitrogens with two attached hydrogens (primary N) is 2. The van der Waals surface area contributed by atoms with E-state index >= 15 is 0 Å². The maximum Gasteiger partial charge on any atom is 0.573 e. The van der Waals surface area contributed by atoms with Gasteiger partial charge in [-0.05, 0) is 38.1 Å². The quantitative estimate of drug-likeness (QED) is 0.706. The molecule has 0 radical (unpaired) electrons. The zero-order valence-electron chi connectivity index (χ0n) is 14.3. The van der Waals surface area contributed by atoms with E-state index in [1.165, 1.54) is 29.3 Å². The van der Waals surface area contributed by atoms with Crippen molar-refractivity contribution >= 4 is 11.9 Å². The van der Waals surface area contributed by atoms with Crippen molar-refractivity contribution in [3.05, 3.63) is 24.3 Å². The van der Waals surface area contributed by atoms with E-state index in [1.807, 2.05) is 0 Å². The highest BCUT2D eigenvalue weighted by atomic mass is 19.4.